The molecule has 39 heavy (non-hydrogen) atoms. The number of aryl methyl sites for hydroxylation is 2. The van der Waals surface area contributed by atoms with E-state index in [1.165, 1.54) is 31.4 Å². The standard InChI is InChI=1S/C13H14N2.2C5H8O4.C3H6O.2Cu/c1(2-12-4-8-14-9-5-12)3-13-6-10-15-11-7-13;2*6-4(7)2-1-3-5(8)9;1-3(2)4;;/h4-11H,1-3H2;2*1-3H2,(H,6,7)(H,8,9);1-2H3;;/q;;;;2*+2/p-4. The number of nitrogens with zero attached hydrogens (tertiary/aromatic N) is 2. The number of aliphatic carboxylic acids is 4. The first kappa shape index (κ1) is 43.0. The fourth-order valence-electron chi connectivity index (χ4n) is 2.35. The zero-order chi connectivity index (χ0) is 28.5. The summed E-state index contributed by atoms with van der Waals surface area (Å²) in [6.07, 6.45) is 10.1. The van der Waals surface area contributed by atoms with Gasteiger partial charge in [-0.2, -0.15) is 0 Å². The summed E-state index contributed by atoms with van der Waals surface area (Å²) in [6, 6.07) is 8.30. The number of carboxylic acid groups (broad SMARTS) is 4. The number of rotatable bonds is 12. The number of hydrogen-bond acceptors (Lipinski definition) is 11. The summed E-state index contributed by atoms with van der Waals surface area (Å²) in [5.41, 5.74) is 2.72. The minimum absolute atomic E-state index is 0. The largest absolute Gasteiger partial charge is 2.00 e. The molecule has 2 radical (unpaired) electrons. The molecule has 2 heterocycles. The van der Waals surface area contributed by atoms with Gasteiger partial charge in [0.2, 0.25) is 0 Å². The molecule has 0 aliphatic rings. The van der Waals surface area contributed by atoms with Gasteiger partial charge in [0.1, 0.15) is 5.78 Å². The number of carbonyl (C=O) groups is 5. The second-order valence-corrected chi connectivity index (χ2v) is 7.67. The molecule has 2 aromatic rings. The van der Waals surface area contributed by atoms with E-state index >= 15 is 0 Å². The van der Waals surface area contributed by atoms with E-state index in [1.807, 2.05) is 24.8 Å². The Morgan fingerprint density at radius 3 is 0.974 bits per heavy atom. The van der Waals surface area contributed by atoms with Crippen molar-refractivity contribution in [3.05, 3.63) is 60.2 Å². The fourth-order valence-corrected chi connectivity index (χ4v) is 2.35. The van der Waals surface area contributed by atoms with E-state index in [9.17, 15) is 44.4 Å². The molecule has 13 heteroatoms. The zero-order valence-corrected chi connectivity index (χ0v) is 23.5. The first-order chi connectivity index (χ1) is 17.4. The average Bonchev–Trinajstić information content (AvgIpc) is 2.80. The molecule has 0 amide bonds. The molecule has 222 valence electrons. The van der Waals surface area contributed by atoms with Crippen molar-refractivity contribution >= 4 is 29.7 Å². The Labute approximate surface area is 249 Å². The van der Waals surface area contributed by atoms with Crippen LogP contribution in [-0.2, 0) is 71.0 Å². The maximum atomic E-state index is 9.66. The maximum absolute atomic E-state index is 9.66. The third-order valence-corrected chi connectivity index (χ3v) is 3.95. The molecule has 0 aliphatic carbocycles. The monoisotopic (exact) mass is 642 g/mol. The Kier molecular flexibility index (Phi) is 32.4. The first-order valence-corrected chi connectivity index (χ1v) is 11.5. The molecule has 0 aliphatic heterocycles. The van der Waals surface area contributed by atoms with Crippen LogP contribution in [0.15, 0.2) is 49.1 Å². The Morgan fingerprint density at radius 2 is 0.769 bits per heavy atom. The van der Waals surface area contributed by atoms with Crippen LogP contribution in [0, 0.1) is 0 Å². The van der Waals surface area contributed by atoms with E-state index in [0.717, 1.165) is 12.8 Å². The van der Waals surface area contributed by atoms with Gasteiger partial charge in [0.15, 0.2) is 0 Å². The molecular formula is C26H32Cu2N2O9. The third-order valence-electron chi connectivity index (χ3n) is 3.95. The molecule has 0 saturated carbocycles. The number of hydrogen-bond donors (Lipinski definition) is 0. The van der Waals surface area contributed by atoms with Crippen LogP contribution in [0.25, 0.3) is 0 Å². The smallest absolute Gasteiger partial charge is 0.550 e. The van der Waals surface area contributed by atoms with Crippen LogP contribution in [0.2, 0.25) is 0 Å². The summed E-state index contributed by atoms with van der Waals surface area (Å²) in [5, 5.41) is 38.6. The molecule has 0 spiro atoms. The van der Waals surface area contributed by atoms with Crippen molar-refractivity contribution < 1.29 is 78.5 Å². The minimum atomic E-state index is -1.23. The van der Waals surface area contributed by atoms with Crippen LogP contribution in [0.1, 0.15) is 69.9 Å². The summed E-state index contributed by atoms with van der Waals surface area (Å²) in [5.74, 6) is -4.74. The molecule has 2 rings (SSSR count). The van der Waals surface area contributed by atoms with Crippen molar-refractivity contribution in [1.29, 1.82) is 0 Å². The van der Waals surface area contributed by atoms with Crippen LogP contribution in [0.3, 0.4) is 0 Å². The van der Waals surface area contributed by atoms with Crippen molar-refractivity contribution in [2.24, 2.45) is 0 Å². The Morgan fingerprint density at radius 1 is 0.538 bits per heavy atom. The third kappa shape index (κ3) is 39.6. The SMILES string of the molecule is CC(C)=O.O=C([O-])CCCC(=O)[O-].O=C([O-])CCCC(=O)[O-].[Cu+2].[Cu+2].c1cc(CCCc2ccncc2)ccn1. The molecule has 0 fully saturated rings. The van der Waals surface area contributed by atoms with Crippen LogP contribution in [-0.4, -0.2) is 39.6 Å². The quantitative estimate of drug-likeness (QED) is 0.245. The van der Waals surface area contributed by atoms with Crippen LogP contribution >= 0.6 is 0 Å². The number of ketones is 1. The van der Waals surface area contributed by atoms with Crippen LogP contribution in [0.5, 0.6) is 0 Å². The molecule has 0 saturated heterocycles. The van der Waals surface area contributed by atoms with Crippen LogP contribution in [0.4, 0.5) is 0 Å². The summed E-state index contributed by atoms with van der Waals surface area (Å²) in [7, 11) is 0. The van der Waals surface area contributed by atoms with Gasteiger partial charge in [-0.05, 0) is 107 Å². The van der Waals surface area contributed by atoms with Crippen molar-refractivity contribution in [2.75, 3.05) is 0 Å². The summed E-state index contributed by atoms with van der Waals surface area (Å²) in [4.78, 5) is 56.1. The van der Waals surface area contributed by atoms with Gasteiger partial charge < -0.3 is 44.4 Å². The Hall–Kier alpha value is -3.11. The predicted octanol–water partition coefficient (Wildman–Crippen LogP) is -1.44. The molecule has 0 aromatic carbocycles. The van der Waals surface area contributed by atoms with E-state index in [4.69, 9.17) is 0 Å². The van der Waals surface area contributed by atoms with E-state index in [0.29, 0.717) is 0 Å². The van der Waals surface area contributed by atoms with E-state index < -0.39 is 23.9 Å². The molecular weight excluding hydrogens is 611 g/mol. The van der Waals surface area contributed by atoms with Gasteiger partial charge in [-0.15, -0.1) is 0 Å². The first-order valence-electron chi connectivity index (χ1n) is 11.5. The minimum Gasteiger partial charge on any atom is -0.550 e. The molecule has 0 bridgehead atoms. The van der Waals surface area contributed by atoms with Gasteiger partial charge >= 0.3 is 34.1 Å². The van der Waals surface area contributed by atoms with Crippen molar-refractivity contribution in [1.82, 2.24) is 9.97 Å². The van der Waals surface area contributed by atoms with Crippen molar-refractivity contribution in [2.45, 2.75) is 71.6 Å². The van der Waals surface area contributed by atoms with Gasteiger partial charge in [-0.3, -0.25) is 9.97 Å². The number of pyridine rings is 2. The topological polar surface area (TPSA) is 203 Å². The number of carboxylic acids is 4. The average molecular weight is 644 g/mol. The van der Waals surface area contributed by atoms with Gasteiger partial charge in [-0.1, -0.05) is 0 Å². The van der Waals surface area contributed by atoms with Gasteiger partial charge in [0.25, 0.3) is 0 Å². The van der Waals surface area contributed by atoms with Gasteiger partial charge in [-0.25, -0.2) is 0 Å². The summed E-state index contributed by atoms with van der Waals surface area (Å²) in [6.45, 7) is 3.06. The normalized spacial score (nSPS) is 8.67. The fraction of sp³-hybridized carbons (Fsp3) is 0.423. The molecule has 11 nitrogen and oxygen atoms in total. The molecule has 0 atom stereocenters. The van der Waals surface area contributed by atoms with Crippen LogP contribution < -0.4 is 20.4 Å². The van der Waals surface area contributed by atoms with Gasteiger partial charge in [0.05, 0.1) is 0 Å². The zero-order valence-electron chi connectivity index (χ0n) is 21.7. The van der Waals surface area contributed by atoms with Gasteiger partial charge in [0, 0.05) is 48.7 Å². The van der Waals surface area contributed by atoms with Crippen molar-refractivity contribution in [3.8, 4) is 0 Å². The maximum Gasteiger partial charge on any atom is 2.00 e. The van der Waals surface area contributed by atoms with E-state index in [-0.39, 0.29) is 78.4 Å². The van der Waals surface area contributed by atoms with Crippen molar-refractivity contribution in [3.63, 3.8) is 0 Å². The number of Topliss-reactive ketones (excluding diaryl/α,β-unsaturated/α-hetero) is 1. The van der Waals surface area contributed by atoms with E-state index in [1.54, 1.807) is 0 Å². The molecule has 2 aromatic heterocycles. The second-order valence-electron chi connectivity index (χ2n) is 7.67. The number of carbonyl (C=O) groups excluding carboxylic acids is 5. The molecule has 0 N–H and O–H groups in total. The predicted molar refractivity (Wildman–Crippen MR) is 125 cm³/mol. The summed E-state index contributed by atoms with van der Waals surface area (Å²) < 4.78 is 0. The Bertz CT molecular complexity index is 830. The Balaban J connectivity index is -0.000000225. The summed E-state index contributed by atoms with van der Waals surface area (Å²) >= 11 is 0. The second kappa shape index (κ2) is 29.4. The molecule has 0 unspecified atom stereocenters. The van der Waals surface area contributed by atoms with E-state index in [2.05, 4.69) is 34.2 Å². The number of aromatic nitrogens is 2.